The fourth-order valence-corrected chi connectivity index (χ4v) is 2.70. The molecule has 15 heavy (non-hydrogen) atoms. The Balaban J connectivity index is 2.36. The largest absolute Gasteiger partial charge is 0.343 e. The SMILES string of the molecule is Cc1cccc2cc3n(c12)CCCC3N. The Morgan fingerprint density at radius 1 is 1.40 bits per heavy atom. The van der Waals surface area contributed by atoms with Crippen LogP contribution in [0.2, 0.25) is 0 Å². The van der Waals surface area contributed by atoms with Crippen molar-refractivity contribution in [3.8, 4) is 0 Å². The van der Waals surface area contributed by atoms with Gasteiger partial charge >= 0.3 is 0 Å². The lowest BCUT2D eigenvalue weighted by atomic mass is 10.1. The van der Waals surface area contributed by atoms with E-state index in [0.717, 1.165) is 13.0 Å². The van der Waals surface area contributed by atoms with Gasteiger partial charge in [0.2, 0.25) is 0 Å². The molecule has 0 spiro atoms. The first-order chi connectivity index (χ1) is 7.27. The Morgan fingerprint density at radius 3 is 3.13 bits per heavy atom. The third kappa shape index (κ3) is 1.21. The van der Waals surface area contributed by atoms with Crippen molar-refractivity contribution in [2.75, 3.05) is 0 Å². The number of aryl methyl sites for hydroxylation is 2. The van der Waals surface area contributed by atoms with E-state index in [9.17, 15) is 0 Å². The summed E-state index contributed by atoms with van der Waals surface area (Å²) in [6.07, 6.45) is 2.32. The second-order valence-electron chi connectivity index (χ2n) is 4.48. The smallest absolute Gasteiger partial charge is 0.0512 e. The summed E-state index contributed by atoms with van der Waals surface area (Å²) in [6.45, 7) is 3.30. The molecule has 2 heteroatoms. The van der Waals surface area contributed by atoms with Gasteiger partial charge in [-0.05, 0) is 31.4 Å². The van der Waals surface area contributed by atoms with Crippen LogP contribution in [0.5, 0.6) is 0 Å². The standard InChI is InChI=1S/C13H16N2/c1-9-4-2-5-10-8-12-11(14)6-3-7-15(12)13(9)10/h2,4-5,8,11H,3,6-7,14H2,1H3. The van der Waals surface area contributed by atoms with Gasteiger partial charge in [0.1, 0.15) is 0 Å². The Kier molecular flexibility index (Phi) is 1.86. The number of para-hydroxylation sites is 1. The minimum Gasteiger partial charge on any atom is -0.343 e. The molecule has 0 saturated carbocycles. The average molecular weight is 200 g/mol. The van der Waals surface area contributed by atoms with E-state index in [1.807, 2.05) is 0 Å². The molecule has 2 heterocycles. The fourth-order valence-electron chi connectivity index (χ4n) is 2.70. The number of hydrogen-bond donors (Lipinski definition) is 1. The molecule has 0 fully saturated rings. The van der Waals surface area contributed by atoms with Gasteiger partial charge in [-0.15, -0.1) is 0 Å². The molecule has 0 bridgehead atoms. The zero-order chi connectivity index (χ0) is 10.4. The highest BCUT2D eigenvalue weighted by molar-refractivity contribution is 5.84. The minimum atomic E-state index is 0.227. The Bertz CT molecular complexity index is 510. The molecular formula is C13H16N2. The maximum atomic E-state index is 6.14. The zero-order valence-corrected chi connectivity index (χ0v) is 9.03. The molecule has 1 aromatic heterocycles. The van der Waals surface area contributed by atoms with Crippen molar-refractivity contribution < 1.29 is 0 Å². The first-order valence-corrected chi connectivity index (χ1v) is 5.62. The molecule has 1 atom stereocenters. The van der Waals surface area contributed by atoms with E-state index in [4.69, 9.17) is 5.73 Å². The molecule has 2 N–H and O–H groups in total. The normalized spacial score (nSPS) is 20.5. The van der Waals surface area contributed by atoms with E-state index < -0.39 is 0 Å². The van der Waals surface area contributed by atoms with E-state index in [0.29, 0.717) is 0 Å². The zero-order valence-electron chi connectivity index (χ0n) is 9.03. The minimum absolute atomic E-state index is 0.227. The summed E-state index contributed by atoms with van der Waals surface area (Å²) in [5.74, 6) is 0. The summed E-state index contributed by atoms with van der Waals surface area (Å²) in [7, 11) is 0. The van der Waals surface area contributed by atoms with E-state index in [1.54, 1.807) is 0 Å². The summed E-state index contributed by atoms with van der Waals surface area (Å²) in [4.78, 5) is 0. The average Bonchev–Trinajstić information content (AvgIpc) is 2.59. The van der Waals surface area contributed by atoms with Crippen molar-refractivity contribution >= 4 is 10.9 Å². The van der Waals surface area contributed by atoms with Crippen molar-refractivity contribution in [1.82, 2.24) is 4.57 Å². The first-order valence-electron chi connectivity index (χ1n) is 5.62. The van der Waals surface area contributed by atoms with Gasteiger partial charge in [0.25, 0.3) is 0 Å². The summed E-state index contributed by atoms with van der Waals surface area (Å²) < 4.78 is 2.40. The predicted molar refractivity (Wildman–Crippen MR) is 62.8 cm³/mol. The quantitative estimate of drug-likeness (QED) is 0.696. The number of benzene rings is 1. The number of fused-ring (bicyclic) bond motifs is 3. The fraction of sp³-hybridized carbons (Fsp3) is 0.385. The molecule has 1 aromatic carbocycles. The monoisotopic (exact) mass is 200 g/mol. The molecule has 3 rings (SSSR count). The summed E-state index contributed by atoms with van der Waals surface area (Å²) in [5.41, 5.74) is 10.2. The van der Waals surface area contributed by atoms with Crippen LogP contribution < -0.4 is 5.73 Å². The van der Waals surface area contributed by atoms with Crippen LogP contribution in [0, 0.1) is 6.92 Å². The van der Waals surface area contributed by atoms with Crippen LogP contribution in [-0.4, -0.2) is 4.57 Å². The predicted octanol–water partition coefficient (Wildman–Crippen LogP) is 2.74. The summed E-state index contributed by atoms with van der Waals surface area (Å²) in [6, 6.07) is 8.96. The van der Waals surface area contributed by atoms with Gasteiger partial charge in [0, 0.05) is 23.7 Å². The van der Waals surface area contributed by atoms with Gasteiger partial charge in [-0.25, -0.2) is 0 Å². The van der Waals surface area contributed by atoms with E-state index in [2.05, 4.69) is 35.8 Å². The van der Waals surface area contributed by atoms with Crippen LogP contribution in [-0.2, 0) is 6.54 Å². The highest BCUT2D eigenvalue weighted by atomic mass is 15.0. The second-order valence-corrected chi connectivity index (χ2v) is 4.48. The highest BCUT2D eigenvalue weighted by Crippen LogP contribution is 2.31. The number of hydrogen-bond acceptors (Lipinski definition) is 1. The van der Waals surface area contributed by atoms with Crippen LogP contribution in [0.3, 0.4) is 0 Å². The maximum Gasteiger partial charge on any atom is 0.0512 e. The third-order valence-electron chi connectivity index (χ3n) is 3.43. The number of nitrogens with zero attached hydrogens (tertiary/aromatic N) is 1. The molecule has 0 radical (unpaired) electrons. The number of aromatic nitrogens is 1. The van der Waals surface area contributed by atoms with Crippen LogP contribution in [0.15, 0.2) is 24.3 Å². The first kappa shape index (κ1) is 8.98. The Labute approximate surface area is 89.7 Å². The summed E-state index contributed by atoms with van der Waals surface area (Å²) >= 11 is 0. The van der Waals surface area contributed by atoms with Gasteiger partial charge in [-0.1, -0.05) is 18.2 Å². The van der Waals surface area contributed by atoms with Gasteiger partial charge in [0.15, 0.2) is 0 Å². The van der Waals surface area contributed by atoms with Crippen molar-refractivity contribution in [3.05, 3.63) is 35.5 Å². The lowest BCUT2D eigenvalue weighted by Crippen LogP contribution is -2.21. The van der Waals surface area contributed by atoms with Crippen molar-refractivity contribution in [3.63, 3.8) is 0 Å². The van der Waals surface area contributed by atoms with E-state index >= 15 is 0 Å². The molecule has 1 unspecified atom stereocenters. The highest BCUT2D eigenvalue weighted by Gasteiger charge is 2.19. The Hall–Kier alpha value is -1.28. The molecule has 2 aromatic rings. The van der Waals surface area contributed by atoms with E-state index in [1.165, 1.54) is 28.6 Å². The number of rotatable bonds is 0. The lowest BCUT2D eigenvalue weighted by molar-refractivity contribution is 0.471. The van der Waals surface area contributed by atoms with Gasteiger partial charge < -0.3 is 10.3 Å². The third-order valence-corrected chi connectivity index (χ3v) is 3.43. The van der Waals surface area contributed by atoms with Crippen molar-refractivity contribution in [2.45, 2.75) is 32.4 Å². The maximum absolute atomic E-state index is 6.14. The molecule has 78 valence electrons. The van der Waals surface area contributed by atoms with Crippen LogP contribution in [0.4, 0.5) is 0 Å². The molecule has 1 aliphatic rings. The van der Waals surface area contributed by atoms with Crippen molar-refractivity contribution in [1.29, 1.82) is 0 Å². The van der Waals surface area contributed by atoms with Crippen LogP contribution in [0.1, 0.15) is 30.1 Å². The molecule has 2 nitrogen and oxygen atoms in total. The van der Waals surface area contributed by atoms with Gasteiger partial charge in [-0.3, -0.25) is 0 Å². The molecule has 1 aliphatic heterocycles. The van der Waals surface area contributed by atoms with E-state index in [-0.39, 0.29) is 6.04 Å². The Morgan fingerprint density at radius 2 is 2.27 bits per heavy atom. The second kappa shape index (κ2) is 3.11. The summed E-state index contributed by atoms with van der Waals surface area (Å²) in [5, 5.41) is 1.34. The molecule has 0 aliphatic carbocycles. The van der Waals surface area contributed by atoms with Gasteiger partial charge in [-0.2, -0.15) is 0 Å². The molecule has 0 saturated heterocycles. The van der Waals surface area contributed by atoms with Crippen molar-refractivity contribution in [2.24, 2.45) is 5.73 Å². The number of nitrogens with two attached hydrogens (primary N) is 1. The molecule has 0 amide bonds. The van der Waals surface area contributed by atoms with Crippen LogP contribution in [0.25, 0.3) is 10.9 Å². The van der Waals surface area contributed by atoms with Crippen LogP contribution >= 0.6 is 0 Å². The van der Waals surface area contributed by atoms with Gasteiger partial charge in [0.05, 0.1) is 5.52 Å². The topological polar surface area (TPSA) is 30.9 Å². The lowest BCUT2D eigenvalue weighted by Gasteiger charge is -2.22. The molecular weight excluding hydrogens is 184 g/mol.